The Labute approximate surface area is 90.5 Å². The molecule has 0 saturated heterocycles. The predicted octanol–water partition coefficient (Wildman–Crippen LogP) is 5.35. The van der Waals surface area contributed by atoms with Crippen LogP contribution in [0, 0.1) is 0 Å². The first-order chi connectivity index (χ1) is 6.91. The quantitative estimate of drug-likeness (QED) is 0.400. The largest absolute Gasteiger partial charge is 0.677 e. The Morgan fingerprint density at radius 2 is 0.929 bits per heavy atom. The normalized spacial score (nSPS) is 10.7. The fraction of sp³-hybridized carbons (Fsp3) is 1.00. The van der Waals surface area contributed by atoms with Crippen LogP contribution in [0.2, 0.25) is 0 Å². The van der Waals surface area contributed by atoms with E-state index in [-0.39, 0.29) is 0 Å². The Kier molecular flexibility index (Phi) is 12.9. The van der Waals surface area contributed by atoms with Gasteiger partial charge < -0.3 is 5.73 Å². The molecule has 0 atom stereocenters. The van der Waals surface area contributed by atoms with Gasteiger partial charge in [0.05, 0.1) is 0 Å². The smallest absolute Gasteiger partial charge is 0.0533 e. The first kappa shape index (κ1) is 14.0. The van der Waals surface area contributed by atoms with Gasteiger partial charge in [-0.05, 0) is 0 Å². The van der Waals surface area contributed by atoms with Crippen molar-refractivity contribution >= 4 is 0 Å². The highest BCUT2D eigenvalue weighted by molar-refractivity contribution is 4.52. The van der Waals surface area contributed by atoms with E-state index in [1.54, 1.807) is 0 Å². The van der Waals surface area contributed by atoms with Gasteiger partial charge in [-0.15, -0.1) is 0 Å². The van der Waals surface area contributed by atoms with Gasteiger partial charge in [0, 0.05) is 0 Å². The van der Waals surface area contributed by atoms with E-state index < -0.39 is 0 Å². The summed E-state index contributed by atoms with van der Waals surface area (Å²) in [7, 11) is 0. The van der Waals surface area contributed by atoms with Gasteiger partial charge in [0.25, 0.3) is 0 Å². The molecule has 1 N–H and O–H groups in total. The summed E-state index contributed by atoms with van der Waals surface area (Å²) >= 11 is 0. The van der Waals surface area contributed by atoms with Crippen molar-refractivity contribution in [1.29, 1.82) is 0 Å². The first-order valence-corrected chi connectivity index (χ1v) is 6.56. The van der Waals surface area contributed by atoms with Crippen molar-refractivity contribution in [3.63, 3.8) is 0 Å². The molecule has 1 nitrogen and oxygen atoms in total. The van der Waals surface area contributed by atoms with Crippen molar-refractivity contribution in [2.75, 3.05) is 6.54 Å². The molecule has 0 rings (SSSR count). The first-order valence-electron chi connectivity index (χ1n) is 6.56. The molecular formula is C13H28N-. The van der Waals surface area contributed by atoms with Crippen LogP contribution in [0.3, 0.4) is 0 Å². The molecule has 0 aliphatic rings. The summed E-state index contributed by atoms with van der Waals surface area (Å²) in [4.78, 5) is 0. The third-order valence-electron chi connectivity index (χ3n) is 2.78. The summed E-state index contributed by atoms with van der Waals surface area (Å²) in [5.74, 6) is 0. The van der Waals surface area contributed by atoms with Gasteiger partial charge in [0.15, 0.2) is 0 Å². The fourth-order valence-corrected chi connectivity index (χ4v) is 1.79. The number of nitrogens with one attached hydrogen (secondary N) is 1. The maximum atomic E-state index is 7.01. The molecule has 86 valence electrons. The van der Waals surface area contributed by atoms with Crippen LogP contribution in [0.1, 0.15) is 77.6 Å². The molecule has 0 aliphatic heterocycles. The second-order valence-corrected chi connectivity index (χ2v) is 4.29. The van der Waals surface area contributed by atoms with Crippen molar-refractivity contribution in [1.82, 2.24) is 0 Å². The summed E-state index contributed by atoms with van der Waals surface area (Å²) in [6.07, 6.45) is 15.1. The van der Waals surface area contributed by atoms with Crippen molar-refractivity contribution in [2.45, 2.75) is 77.6 Å². The van der Waals surface area contributed by atoms with Gasteiger partial charge in [-0.25, -0.2) is 0 Å². The molecule has 0 unspecified atom stereocenters. The number of hydrogen-bond acceptors (Lipinski definition) is 0. The predicted molar refractivity (Wildman–Crippen MR) is 65.6 cm³/mol. The molecule has 0 heterocycles. The Morgan fingerprint density at radius 3 is 1.29 bits per heavy atom. The van der Waals surface area contributed by atoms with Crippen LogP contribution in [0.4, 0.5) is 0 Å². The molecule has 0 amide bonds. The highest BCUT2D eigenvalue weighted by Gasteiger charge is 1.91. The maximum absolute atomic E-state index is 7.01. The molecule has 0 radical (unpaired) electrons. The maximum Gasteiger partial charge on any atom is -0.0533 e. The number of hydrogen-bond donors (Lipinski definition) is 0. The second kappa shape index (κ2) is 13.0. The zero-order chi connectivity index (χ0) is 10.5. The number of unbranched alkanes of at least 4 members (excludes halogenated alkanes) is 10. The van der Waals surface area contributed by atoms with Crippen LogP contribution in [-0.2, 0) is 0 Å². The zero-order valence-electron chi connectivity index (χ0n) is 9.99. The Bertz CT molecular complexity index is 79.2. The summed E-state index contributed by atoms with van der Waals surface area (Å²) in [5.41, 5.74) is 7.01. The topological polar surface area (TPSA) is 23.8 Å². The summed E-state index contributed by atoms with van der Waals surface area (Å²) in [5, 5.41) is 0. The van der Waals surface area contributed by atoms with Gasteiger partial charge in [-0.2, -0.15) is 6.54 Å². The van der Waals surface area contributed by atoms with E-state index in [1.165, 1.54) is 64.2 Å². The molecule has 0 spiro atoms. The van der Waals surface area contributed by atoms with E-state index in [0.29, 0.717) is 6.54 Å². The van der Waals surface area contributed by atoms with Gasteiger partial charge in [-0.3, -0.25) is 0 Å². The van der Waals surface area contributed by atoms with Crippen LogP contribution in [-0.4, -0.2) is 6.54 Å². The Balaban J connectivity index is 2.78. The third kappa shape index (κ3) is 12.0. The second-order valence-electron chi connectivity index (χ2n) is 4.29. The fourth-order valence-electron chi connectivity index (χ4n) is 1.79. The summed E-state index contributed by atoms with van der Waals surface area (Å²) < 4.78 is 0. The van der Waals surface area contributed by atoms with Crippen molar-refractivity contribution < 1.29 is 0 Å². The van der Waals surface area contributed by atoms with Crippen LogP contribution < -0.4 is 0 Å². The van der Waals surface area contributed by atoms with E-state index in [9.17, 15) is 0 Å². The monoisotopic (exact) mass is 198 g/mol. The minimum absolute atomic E-state index is 0.622. The van der Waals surface area contributed by atoms with Crippen LogP contribution in [0.5, 0.6) is 0 Å². The van der Waals surface area contributed by atoms with Crippen LogP contribution >= 0.6 is 0 Å². The molecule has 0 aromatic carbocycles. The molecule has 0 saturated carbocycles. The standard InChI is InChI=1S/C13H28N/c1-2-3-4-5-6-7-8-9-10-11-12-13-14/h14H,2-13H2,1H3/q-1. The third-order valence-corrected chi connectivity index (χ3v) is 2.78. The molecule has 14 heavy (non-hydrogen) atoms. The Hall–Kier alpha value is -0.0400. The molecule has 0 aliphatic carbocycles. The lowest BCUT2D eigenvalue weighted by atomic mass is 10.1. The summed E-state index contributed by atoms with van der Waals surface area (Å²) in [6.45, 7) is 2.89. The van der Waals surface area contributed by atoms with E-state index in [2.05, 4.69) is 6.92 Å². The van der Waals surface area contributed by atoms with E-state index in [4.69, 9.17) is 5.73 Å². The molecule has 0 fully saturated rings. The minimum Gasteiger partial charge on any atom is -0.677 e. The van der Waals surface area contributed by atoms with E-state index in [0.717, 1.165) is 6.42 Å². The van der Waals surface area contributed by atoms with Crippen molar-refractivity contribution in [3.05, 3.63) is 5.73 Å². The summed E-state index contributed by atoms with van der Waals surface area (Å²) in [6, 6.07) is 0. The highest BCUT2D eigenvalue weighted by Crippen LogP contribution is 2.10. The zero-order valence-corrected chi connectivity index (χ0v) is 9.99. The average Bonchev–Trinajstić information content (AvgIpc) is 2.21. The number of rotatable bonds is 11. The lowest BCUT2D eigenvalue weighted by Crippen LogP contribution is -1.82. The van der Waals surface area contributed by atoms with Gasteiger partial charge in [-0.1, -0.05) is 77.6 Å². The molecular weight excluding hydrogens is 170 g/mol. The van der Waals surface area contributed by atoms with Crippen molar-refractivity contribution in [3.8, 4) is 0 Å². The average molecular weight is 198 g/mol. The SMILES string of the molecule is CCCCCCCCCCCCC[NH-]. The van der Waals surface area contributed by atoms with E-state index >= 15 is 0 Å². The van der Waals surface area contributed by atoms with Crippen LogP contribution in [0.15, 0.2) is 0 Å². The lowest BCUT2D eigenvalue weighted by molar-refractivity contribution is 0.553. The van der Waals surface area contributed by atoms with Gasteiger partial charge >= 0.3 is 0 Å². The minimum atomic E-state index is 0.622. The van der Waals surface area contributed by atoms with Crippen LogP contribution in [0.25, 0.3) is 5.73 Å². The molecule has 0 bridgehead atoms. The van der Waals surface area contributed by atoms with Crippen molar-refractivity contribution in [2.24, 2.45) is 0 Å². The van der Waals surface area contributed by atoms with Gasteiger partial charge in [0.1, 0.15) is 0 Å². The van der Waals surface area contributed by atoms with E-state index in [1.807, 2.05) is 0 Å². The molecule has 0 aromatic heterocycles. The molecule has 1 heteroatoms. The van der Waals surface area contributed by atoms with Gasteiger partial charge in [0.2, 0.25) is 0 Å². The lowest BCUT2D eigenvalue weighted by Gasteiger charge is -2.02. The molecule has 0 aromatic rings. The Morgan fingerprint density at radius 1 is 0.571 bits per heavy atom. The highest BCUT2D eigenvalue weighted by atomic mass is 14.5.